The number of rotatable bonds is 6. The van der Waals surface area contributed by atoms with Crippen molar-refractivity contribution in [3.63, 3.8) is 0 Å². The standard InChI is InChI=1S/C19H21F3N2O4/c1-10(9-28-14-8-6-5-7-13(14)19(20,21)22)23-17(25)16-11(2)15(12(3)24-16)18(26)27-4/h5-8,10,24H,9H2,1-4H3,(H,23,25). The number of esters is 1. The maximum atomic E-state index is 13.0. The number of hydrogen-bond donors (Lipinski definition) is 2. The van der Waals surface area contributed by atoms with Crippen molar-refractivity contribution in [1.82, 2.24) is 10.3 Å². The van der Waals surface area contributed by atoms with Crippen molar-refractivity contribution < 1.29 is 32.2 Å². The number of nitrogens with one attached hydrogen (secondary N) is 2. The monoisotopic (exact) mass is 398 g/mol. The summed E-state index contributed by atoms with van der Waals surface area (Å²) in [5.41, 5.74) is 0.484. The summed E-state index contributed by atoms with van der Waals surface area (Å²) < 4.78 is 48.9. The zero-order valence-electron chi connectivity index (χ0n) is 15.9. The normalized spacial score (nSPS) is 12.4. The molecule has 0 saturated heterocycles. The van der Waals surface area contributed by atoms with Crippen LogP contribution in [0.25, 0.3) is 0 Å². The molecule has 0 fully saturated rings. The lowest BCUT2D eigenvalue weighted by atomic mass is 10.1. The lowest BCUT2D eigenvalue weighted by Gasteiger charge is -2.18. The average molecular weight is 398 g/mol. The number of para-hydroxylation sites is 1. The molecule has 2 rings (SSSR count). The smallest absolute Gasteiger partial charge is 0.419 e. The molecule has 0 spiro atoms. The second-order valence-corrected chi connectivity index (χ2v) is 6.30. The van der Waals surface area contributed by atoms with E-state index in [-0.39, 0.29) is 23.6 Å². The van der Waals surface area contributed by atoms with Crippen LogP contribution in [0.2, 0.25) is 0 Å². The molecule has 1 aromatic carbocycles. The zero-order valence-corrected chi connectivity index (χ0v) is 15.9. The second kappa shape index (κ2) is 8.37. The number of amides is 1. The van der Waals surface area contributed by atoms with Crippen LogP contribution in [0, 0.1) is 13.8 Å². The number of aryl methyl sites for hydroxylation is 1. The van der Waals surface area contributed by atoms with E-state index >= 15 is 0 Å². The number of alkyl halides is 3. The van der Waals surface area contributed by atoms with Gasteiger partial charge >= 0.3 is 12.1 Å². The van der Waals surface area contributed by atoms with Gasteiger partial charge in [-0.1, -0.05) is 12.1 Å². The molecule has 1 heterocycles. The van der Waals surface area contributed by atoms with Gasteiger partial charge in [-0.2, -0.15) is 13.2 Å². The van der Waals surface area contributed by atoms with Gasteiger partial charge in [0.2, 0.25) is 0 Å². The number of hydrogen-bond acceptors (Lipinski definition) is 4. The molecule has 28 heavy (non-hydrogen) atoms. The molecule has 0 bridgehead atoms. The maximum absolute atomic E-state index is 13.0. The molecule has 1 aromatic heterocycles. The lowest BCUT2D eigenvalue weighted by Crippen LogP contribution is -2.37. The molecular weight excluding hydrogens is 377 g/mol. The van der Waals surface area contributed by atoms with Crippen LogP contribution in [0.15, 0.2) is 24.3 Å². The fourth-order valence-electron chi connectivity index (χ4n) is 2.76. The maximum Gasteiger partial charge on any atom is 0.419 e. The van der Waals surface area contributed by atoms with Crippen molar-refractivity contribution in [3.8, 4) is 5.75 Å². The Morgan fingerprint density at radius 2 is 1.86 bits per heavy atom. The van der Waals surface area contributed by atoms with Crippen LogP contribution < -0.4 is 10.1 Å². The minimum atomic E-state index is -4.54. The van der Waals surface area contributed by atoms with E-state index in [1.807, 2.05) is 0 Å². The number of carbonyl (C=O) groups is 2. The van der Waals surface area contributed by atoms with Gasteiger partial charge in [-0.25, -0.2) is 4.79 Å². The van der Waals surface area contributed by atoms with Crippen molar-refractivity contribution in [1.29, 1.82) is 0 Å². The summed E-state index contributed by atoms with van der Waals surface area (Å²) in [6, 6.07) is 4.28. The first kappa shape index (κ1) is 21.3. The highest BCUT2D eigenvalue weighted by atomic mass is 19.4. The van der Waals surface area contributed by atoms with Gasteiger partial charge in [-0.3, -0.25) is 4.79 Å². The van der Waals surface area contributed by atoms with Gasteiger partial charge in [0, 0.05) is 5.69 Å². The van der Waals surface area contributed by atoms with Gasteiger partial charge in [-0.05, 0) is 38.5 Å². The minimum absolute atomic E-state index is 0.165. The van der Waals surface area contributed by atoms with Crippen molar-refractivity contribution in [2.24, 2.45) is 0 Å². The van der Waals surface area contributed by atoms with Crippen LogP contribution in [0.3, 0.4) is 0 Å². The van der Waals surface area contributed by atoms with Crippen LogP contribution >= 0.6 is 0 Å². The number of aromatic amines is 1. The molecular formula is C19H21F3N2O4. The van der Waals surface area contributed by atoms with E-state index in [4.69, 9.17) is 9.47 Å². The predicted octanol–water partition coefficient (Wildman–Crippen LogP) is 3.63. The van der Waals surface area contributed by atoms with Crippen LogP contribution in [0.5, 0.6) is 5.75 Å². The Labute approximate surface area is 160 Å². The highest BCUT2D eigenvalue weighted by Crippen LogP contribution is 2.35. The number of ether oxygens (including phenoxy) is 2. The fourth-order valence-corrected chi connectivity index (χ4v) is 2.76. The quantitative estimate of drug-likeness (QED) is 0.728. The molecule has 0 saturated carbocycles. The van der Waals surface area contributed by atoms with Gasteiger partial charge in [0.15, 0.2) is 0 Å². The SMILES string of the molecule is COC(=O)c1c(C)[nH]c(C(=O)NC(C)COc2ccccc2C(F)(F)F)c1C. The number of halogens is 3. The number of H-pyrrole nitrogens is 1. The van der Waals surface area contributed by atoms with Crippen molar-refractivity contribution in [2.75, 3.05) is 13.7 Å². The molecule has 0 aliphatic carbocycles. The van der Waals surface area contributed by atoms with Gasteiger partial charge in [0.1, 0.15) is 18.1 Å². The summed E-state index contributed by atoms with van der Waals surface area (Å²) in [7, 11) is 1.24. The van der Waals surface area contributed by atoms with Crippen molar-refractivity contribution >= 4 is 11.9 Å². The number of benzene rings is 1. The van der Waals surface area contributed by atoms with Gasteiger partial charge in [0.05, 0.1) is 24.3 Å². The molecule has 1 atom stereocenters. The molecule has 0 aliphatic rings. The molecule has 2 N–H and O–H groups in total. The third-order valence-corrected chi connectivity index (χ3v) is 4.11. The topological polar surface area (TPSA) is 80.4 Å². The Balaban J connectivity index is 2.06. The molecule has 2 aromatic rings. The third-order valence-electron chi connectivity index (χ3n) is 4.11. The van der Waals surface area contributed by atoms with Gasteiger partial charge < -0.3 is 19.8 Å². The average Bonchev–Trinajstić information content (AvgIpc) is 2.93. The van der Waals surface area contributed by atoms with Crippen LogP contribution in [0.1, 0.15) is 44.6 Å². The van der Waals surface area contributed by atoms with E-state index in [0.717, 1.165) is 6.07 Å². The van der Waals surface area contributed by atoms with Crippen LogP contribution in [-0.2, 0) is 10.9 Å². The molecule has 1 unspecified atom stereocenters. The molecule has 152 valence electrons. The largest absolute Gasteiger partial charge is 0.491 e. The predicted molar refractivity (Wildman–Crippen MR) is 95.5 cm³/mol. The Kier molecular flexibility index (Phi) is 6.37. The third kappa shape index (κ3) is 4.65. The lowest BCUT2D eigenvalue weighted by molar-refractivity contribution is -0.139. The summed E-state index contributed by atoms with van der Waals surface area (Å²) in [6.07, 6.45) is -4.54. The second-order valence-electron chi connectivity index (χ2n) is 6.30. The zero-order chi connectivity index (χ0) is 21.1. The van der Waals surface area contributed by atoms with Crippen molar-refractivity contribution in [3.05, 3.63) is 52.3 Å². The number of aromatic nitrogens is 1. The minimum Gasteiger partial charge on any atom is -0.491 e. The number of carbonyl (C=O) groups excluding carboxylic acids is 2. The van der Waals surface area contributed by atoms with E-state index in [1.165, 1.54) is 25.3 Å². The van der Waals surface area contributed by atoms with Crippen LogP contribution in [0.4, 0.5) is 13.2 Å². The summed E-state index contributed by atoms with van der Waals surface area (Å²) in [5, 5.41) is 2.63. The first-order valence-electron chi connectivity index (χ1n) is 8.43. The highest BCUT2D eigenvalue weighted by Gasteiger charge is 2.34. The summed E-state index contributed by atoms with van der Waals surface area (Å²) in [4.78, 5) is 27.1. The summed E-state index contributed by atoms with van der Waals surface area (Å²) in [6.45, 7) is 4.67. The highest BCUT2D eigenvalue weighted by molar-refractivity contribution is 6.00. The Bertz CT molecular complexity index is 875. The Morgan fingerprint density at radius 1 is 1.21 bits per heavy atom. The fraction of sp³-hybridized carbons (Fsp3) is 0.368. The van der Waals surface area contributed by atoms with E-state index in [9.17, 15) is 22.8 Å². The van der Waals surface area contributed by atoms with Gasteiger partial charge in [0.25, 0.3) is 5.91 Å². The van der Waals surface area contributed by atoms with Crippen LogP contribution in [-0.4, -0.2) is 36.6 Å². The van der Waals surface area contributed by atoms with Gasteiger partial charge in [-0.15, -0.1) is 0 Å². The Morgan fingerprint density at radius 3 is 2.46 bits per heavy atom. The van der Waals surface area contributed by atoms with E-state index in [0.29, 0.717) is 11.3 Å². The Hall–Kier alpha value is -2.97. The summed E-state index contributed by atoms with van der Waals surface area (Å²) >= 11 is 0. The van der Waals surface area contributed by atoms with Crippen molar-refractivity contribution in [2.45, 2.75) is 33.0 Å². The molecule has 9 heteroatoms. The molecule has 0 radical (unpaired) electrons. The molecule has 0 aliphatic heterocycles. The van der Waals surface area contributed by atoms with E-state index in [1.54, 1.807) is 20.8 Å². The number of methoxy groups -OCH3 is 1. The van der Waals surface area contributed by atoms with E-state index in [2.05, 4.69) is 10.3 Å². The van der Waals surface area contributed by atoms with E-state index < -0.39 is 29.7 Å². The molecule has 1 amide bonds. The first-order valence-corrected chi connectivity index (χ1v) is 8.43. The first-order chi connectivity index (χ1) is 13.1. The molecule has 6 nitrogen and oxygen atoms in total. The summed E-state index contributed by atoms with van der Waals surface area (Å²) in [5.74, 6) is -1.38.